The lowest BCUT2D eigenvalue weighted by atomic mass is 10.0. The van der Waals surface area contributed by atoms with Crippen molar-refractivity contribution in [2.75, 3.05) is 0 Å². The van der Waals surface area contributed by atoms with Crippen LogP contribution in [0.1, 0.15) is 18.4 Å². The highest BCUT2D eigenvalue weighted by Crippen LogP contribution is 2.27. The third kappa shape index (κ3) is 1.69. The van der Waals surface area contributed by atoms with Gasteiger partial charge in [-0.2, -0.15) is 5.26 Å². The maximum Gasteiger partial charge on any atom is 0.121 e. The average molecular weight is 182 g/mol. The van der Waals surface area contributed by atoms with Crippen LogP contribution in [0.3, 0.4) is 0 Å². The van der Waals surface area contributed by atoms with Gasteiger partial charge in [0.2, 0.25) is 0 Å². The molecule has 0 heterocycles. The first kappa shape index (κ1) is 8.89. The molecule has 0 aliphatic carbocycles. The van der Waals surface area contributed by atoms with Gasteiger partial charge in [0.05, 0.1) is 12.0 Å². The fraction of sp³-hybridized carbons (Fsp3) is 0.222. The first-order valence-corrected chi connectivity index (χ1v) is 3.91. The summed E-state index contributed by atoms with van der Waals surface area (Å²) in [6.07, 6.45) is 0. The molecule has 0 saturated carbocycles. The van der Waals surface area contributed by atoms with Gasteiger partial charge in [-0.1, -0.05) is 17.7 Å². The number of halogens is 1. The number of rotatable bonds is 1. The van der Waals surface area contributed by atoms with Gasteiger partial charge in [0.25, 0.3) is 0 Å². The zero-order valence-electron chi connectivity index (χ0n) is 6.58. The lowest BCUT2D eigenvalue weighted by Crippen LogP contribution is -1.89. The molecule has 0 fully saturated rings. The van der Waals surface area contributed by atoms with Crippen LogP contribution in [0.25, 0.3) is 0 Å². The van der Waals surface area contributed by atoms with Crippen LogP contribution in [0, 0.1) is 11.3 Å². The molecule has 0 aliphatic rings. The molecule has 1 N–H and O–H groups in total. The molecule has 0 aliphatic heterocycles. The Morgan fingerprint density at radius 2 is 2.25 bits per heavy atom. The number of benzene rings is 1. The molecule has 1 aromatic rings. The van der Waals surface area contributed by atoms with E-state index in [0.717, 1.165) is 0 Å². The van der Waals surface area contributed by atoms with Gasteiger partial charge in [-0.25, -0.2) is 0 Å². The number of phenols is 1. The topological polar surface area (TPSA) is 44.0 Å². The Kier molecular flexibility index (Phi) is 2.57. The maximum absolute atomic E-state index is 9.36. The Bertz CT molecular complexity index is 330. The number of aromatic hydroxyl groups is 1. The van der Waals surface area contributed by atoms with Gasteiger partial charge in [0, 0.05) is 10.6 Å². The average Bonchev–Trinajstić information content (AvgIpc) is 2.03. The molecule has 1 atom stereocenters. The summed E-state index contributed by atoms with van der Waals surface area (Å²) in [5.41, 5.74) is 0.613. The van der Waals surface area contributed by atoms with Crippen LogP contribution >= 0.6 is 11.6 Å². The van der Waals surface area contributed by atoms with Gasteiger partial charge >= 0.3 is 0 Å². The van der Waals surface area contributed by atoms with Crippen LogP contribution < -0.4 is 0 Å². The smallest absolute Gasteiger partial charge is 0.121 e. The van der Waals surface area contributed by atoms with E-state index in [9.17, 15) is 5.11 Å². The molecule has 1 unspecified atom stereocenters. The molecule has 62 valence electrons. The van der Waals surface area contributed by atoms with Crippen LogP contribution in [-0.4, -0.2) is 5.11 Å². The van der Waals surface area contributed by atoms with Crippen molar-refractivity contribution in [3.8, 4) is 11.8 Å². The Morgan fingerprint density at radius 3 is 2.75 bits per heavy atom. The van der Waals surface area contributed by atoms with Crippen LogP contribution in [-0.2, 0) is 0 Å². The molecule has 3 heteroatoms. The molecule has 0 bridgehead atoms. The Balaban J connectivity index is 3.11. The quantitative estimate of drug-likeness (QED) is 0.724. The van der Waals surface area contributed by atoms with Gasteiger partial charge in [0.15, 0.2) is 0 Å². The summed E-state index contributed by atoms with van der Waals surface area (Å²) in [6, 6.07) is 6.79. The maximum atomic E-state index is 9.36. The number of nitrogens with zero attached hydrogens (tertiary/aromatic N) is 1. The zero-order valence-corrected chi connectivity index (χ0v) is 7.34. The number of nitriles is 1. The van der Waals surface area contributed by atoms with Gasteiger partial charge in [-0.15, -0.1) is 0 Å². The molecule has 0 aromatic heterocycles. The summed E-state index contributed by atoms with van der Waals surface area (Å²) >= 11 is 5.62. The van der Waals surface area contributed by atoms with Crippen LogP contribution in [0.4, 0.5) is 0 Å². The SMILES string of the molecule is CC(C#N)c1ccc(Cl)cc1O. The molecule has 0 radical (unpaired) electrons. The van der Waals surface area contributed by atoms with E-state index >= 15 is 0 Å². The Morgan fingerprint density at radius 1 is 1.58 bits per heavy atom. The van der Waals surface area contributed by atoms with E-state index in [1.54, 1.807) is 19.1 Å². The van der Waals surface area contributed by atoms with Crippen LogP contribution in [0.5, 0.6) is 5.75 Å². The zero-order chi connectivity index (χ0) is 9.14. The monoisotopic (exact) mass is 181 g/mol. The normalized spacial score (nSPS) is 12.1. The molecule has 2 nitrogen and oxygen atoms in total. The minimum absolute atomic E-state index is 0.0801. The lowest BCUT2D eigenvalue weighted by molar-refractivity contribution is 0.467. The minimum atomic E-state index is -0.303. The number of hydrogen-bond donors (Lipinski definition) is 1. The van der Waals surface area contributed by atoms with E-state index in [-0.39, 0.29) is 11.7 Å². The second-order valence-electron chi connectivity index (χ2n) is 2.55. The highest BCUT2D eigenvalue weighted by atomic mass is 35.5. The van der Waals surface area contributed by atoms with E-state index in [4.69, 9.17) is 16.9 Å². The predicted molar refractivity (Wildman–Crippen MR) is 47.1 cm³/mol. The Hall–Kier alpha value is -1.20. The lowest BCUT2D eigenvalue weighted by Gasteiger charge is -2.05. The largest absolute Gasteiger partial charge is 0.508 e. The van der Waals surface area contributed by atoms with Crippen LogP contribution in [0.2, 0.25) is 5.02 Å². The molecular weight excluding hydrogens is 174 g/mol. The standard InChI is InChI=1S/C9H8ClNO/c1-6(5-11)8-3-2-7(10)4-9(8)12/h2-4,6,12H,1H3. The summed E-state index contributed by atoms with van der Waals surface area (Å²) in [5.74, 6) is -0.223. The predicted octanol–water partition coefficient (Wildman–Crippen LogP) is 2.67. The number of phenolic OH excluding ortho intramolecular Hbond substituents is 1. The molecular formula is C9H8ClNO. The second kappa shape index (κ2) is 3.46. The second-order valence-corrected chi connectivity index (χ2v) is 2.99. The van der Waals surface area contributed by atoms with Crippen molar-refractivity contribution in [3.63, 3.8) is 0 Å². The van der Waals surface area contributed by atoms with Crippen molar-refractivity contribution in [3.05, 3.63) is 28.8 Å². The van der Waals surface area contributed by atoms with Crippen molar-refractivity contribution < 1.29 is 5.11 Å². The van der Waals surface area contributed by atoms with Gasteiger partial charge in [0.1, 0.15) is 5.75 Å². The van der Waals surface area contributed by atoms with Crippen molar-refractivity contribution in [2.45, 2.75) is 12.8 Å². The van der Waals surface area contributed by atoms with E-state index in [1.807, 2.05) is 6.07 Å². The van der Waals surface area contributed by atoms with Crippen molar-refractivity contribution >= 4 is 11.6 Å². The fourth-order valence-corrected chi connectivity index (χ4v) is 1.12. The van der Waals surface area contributed by atoms with E-state index in [2.05, 4.69) is 0 Å². The molecule has 0 spiro atoms. The fourth-order valence-electron chi connectivity index (χ4n) is 0.953. The van der Waals surface area contributed by atoms with Gasteiger partial charge < -0.3 is 5.11 Å². The van der Waals surface area contributed by atoms with Gasteiger partial charge in [-0.3, -0.25) is 0 Å². The summed E-state index contributed by atoms with van der Waals surface area (Å²) in [5, 5.41) is 18.4. The molecule has 0 saturated heterocycles. The van der Waals surface area contributed by atoms with Crippen molar-refractivity contribution in [2.24, 2.45) is 0 Å². The molecule has 0 amide bonds. The summed E-state index contributed by atoms with van der Waals surface area (Å²) in [7, 11) is 0. The molecule has 12 heavy (non-hydrogen) atoms. The molecule has 1 aromatic carbocycles. The van der Waals surface area contributed by atoms with E-state index in [0.29, 0.717) is 10.6 Å². The van der Waals surface area contributed by atoms with Crippen molar-refractivity contribution in [1.82, 2.24) is 0 Å². The van der Waals surface area contributed by atoms with E-state index < -0.39 is 0 Å². The summed E-state index contributed by atoms with van der Waals surface area (Å²) in [4.78, 5) is 0. The summed E-state index contributed by atoms with van der Waals surface area (Å²) in [6.45, 7) is 1.73. The first-order valence-electron chi connectivity index (χ1n) is 3.53. The highest BCUT2D eigenvalue weighted by Gasteiger charge is 2.08. The molecule has 1 rings (SSSR count). The van der Waals surface area contributed by atoms with E-state index in [1.165, 1.54) is 6.07 Å². The van der Waals surface area contributed by atoms with Gasteiger partial charge in [-0.05, 0) is 19.1 Å². The Labute approximate surface area is 76.0 Å². The van der Waals surface area contributed by atoms with Crippen LogP contribution in [0.15, 0.2) is 18.2 Å². The number of hydrogen-bond acceptors (Lipinski definition) is 2. The summed E-state index contributed by atoms with van der Waals surface area (Å²) < 4.78 is 0. The highest BCUT2D eigenvalue weighted by molar-refractivity contribution is 6.30. The van der Waals surface area contributed by atoms with Crippen molar-refractivity contribution in [1.29, 1.82) is 5.26 Å². The third-order valence-electron chi connectivity index (χ3n) is 1.65. The third-order valence-corrected chi connectivity index (χ3v) is 1.89. The first-order chi connectivity index (χ1) is 5.65. The minimum Gasteiger partial charge on any atom is -0.508 e.